The van der Waals surface area contributed by atoms with Crippen LogP contribution in [0.2, 0.25) is 0 Å². The minimum atomic E-state index is -4.43. The first-order chi connectivity index (χ1) is 11.3. The van der Waals surface area contributed by atoms with E-state index in [0.29, 0.717) is 17.2 Å². The highest BCUT2D eigenvalue weighted by Crippen LogP contribution is 2.17. The first-order valence-corrected chi connectivity index (χ1v) is 6.81. The van der Waals surface area contributed by atoms with Crippen molar-refractivity contribution in [3.63, 3.8) is 0 Å². The fourth-order valence-electron chi connectivity index (χ4n) is 1.65. The van der Waals surface area contributed by atoms with Gasteiger partial charge in [0.25, 0.3) is 0 Å². The lowest BCUT2D eigenvalue weighted by molar-refractivity contribution is -0.154. The van der Waals surface area contributed by atoms with Crippen LogP contribution in [0.3, 0.4) is 0 Å². The second-order valence-electron chi connectivity index (χ2n) is 4.69. The number of pyridine rings is 1. The van der Waals surface area contributed by atoms with Crippen LogP contribution in [0.5, 0.6) is 5.88 Å². The Morgan fingerprint density at radius 2 is 2.04 bits per heavy atom. The number of carbonyl (C=O) groups is 1. The number of urea groups is 1. The summed E-state index contributed by atoms with van der Waals surface area (Å²) in [6.45, 7) is 0.513. The monoisotopic (exact) mass is 341 g/mol. The van der Waals surface area contributed by atoms with Gasteiger partial charge in [0.1, 0.15) is 5.82 Å². The van der Waals surface area contributed by atoms with Gasteiger partial charge in [0, 0.05) is 12.3 Å². The van der Waals surface area contributed by atoms with Gasteiger partial charge in [-0.2, -0.15) is 13.2 Å². The van der Waals surface area contributed by atoms with Crippen molar-refractivity contribution in [2.24, 2.45) is 0 Å². The molecule has 0 fully saturated rings. The molecule has 0 unspecified atom stereocenters. The van der Waals surface area contributed by atoms with E-state index in [1.807, 2.05) is 0 Å². The summed E-state index contributed by atoms with van der Waals surface area (Å²) >= 11 is 0. The number of carbonyl (C=O) groups excluding carboxylic acids is 1. The molecule has 0 bridgehead atoms. The van der Waals surface area contributed by atoms with Crippen molar-refractivity contribution < 1.29 is 22.7 Å². The van der Waals surface area contributed by atoms with E-state index in [1.165, 1.54) is 18.3 Å². The Kier molecular flexibility index (Phi) is 5.51. The second-order valence-corrected chi connectivity index (χ2v) is 4.69. The smallest absolute Gasteiger partial charge is 0.422 e. The minimum Gasteiger partial charge on any atom is -0.468 e. The predicted molar refractivity (Wildman–Crippen MR) is 78.4 cm³/mol. The van der Waals surface area contributed by atoms with E-state index < -0.39 is 18.8 Å². The van der Waals surface area contributed by atoms with E-state index in [1.54, 1.807) is 19.2 Å². The number of hydrogen-bond donors (Lipinski definition) is 2. The molecular formula is C14H14F3N5O2. The number of amides is 2. The van der Waals surface area contributed by atoms with Gasteiger partial charge in [0.05, 0.1) is 24.1 Å². The molecule has 0 saturated carbocycles. The van der Waals surface area contributed by atoms with E-state index in [9.17, 15) is 18.0 Å². The van der Waals surface area contributed by atoms with Gasteiger partial charge in [-0.15, -0.1) is 0 Å². The van der Waals surface area contributed by atoms with E-state index in [2.05, 4.69) is 30.3 Å². The molecule has 0 aliphatic rings. The maximum Gasteiger partial charge on any atom is 0.422 e. The lowest BCUT2D eigenvalue weighted by Crippen LogP contribution is -2.28. The third kappa shape index (κ3) is 6.07. The molecule has 0 aliphatic carbocycles. The largest absolute Gasteiger partial charge is 0.468 e. The van der Waals surface area contributed by atoms with Gasteiger partial charge in [-0.25, -0.2) is 19.7 Å². The Bertz CT molecular complexity index is 692. The van der Waals surface area contributed by atoms with Gasteiger partial charge in [-0.05, 0) is 19.1 Å². The van der Waals surface area contributed by atoms with E-state index in [-0.39, 0.29) is 12.4 Å². The number of aryl methyl sites for hydroxylation is 1. The summed E-state index contributed by atoms with van der Waals surface area (Å²) in [6, 6.07) is 3.78. The average Bonchev–Trinajstić information content (AvgIpc) is 2.52. The van der Waals surface area contributed by atoms with Crippen molar-refractivity contribution in [1.29, 1.82) is 0 Å². The Morgan fingerprint density at radius 3 is 2.67 bits per heavy atom. The molecule has 0 spiro atoms. The molecule has 2 aromatic rings. The summed E-state index contributed by atoms with van der Waals surface area (Å²) in [7, 11) is 0. The van der Waals surface area contributed by atoms with Crippen LogP contribution < -0.4 is 15.4 Å². The summed E-state index contributed by atoms with van der Waals surface area (Å²) in [5, 5.41) is 5.08. The van der Waals surface area contributed by atoms with Crippen LogP contribution in [0, 0.1) is 6.92 Å². The zero-order valence-corrected chi connectivity index (χ0v) is 12.6. The topological polar surface area (TPSA) is 89.0 Å². The first-order valence-electron chi connectivity index (χ1n) is 6.81. The molecule has 2 amide bonds. The van der Waals surface area contributed by atoms with Crippen LogP contribution in [-0.2, 0) is 6.54 Å². The highest BCUT2D eigenvalue weighted by molar-refractivity contribution is 5.88. The summed E-state index contributed by atoms with van der Waals surface area (Å²) in [6.07, 6.45) is -1.65. The van der Waals surface area contributed by atoms with E-state index in [0.717, 1.165) is 0 Å². The molecule has 128 valence electrons. The lowest BCUT2D eigenvalue weighted by Gasteiger charge is -2.10. The van der Waals surface area contributed by atoms with E-state index >= 15 is 0 Å². The third-order valence-electron chi connectivity index (χ3n) is 2.64. The Morgan fingerprint density at radius 1 is 1.25 bits per heavy atom. The maximum atomic E-state index is 12.0. The summed E-state index contributed by atoms with van der Waals surface area (Å²) < 4.78 is 40.5. The number of nitrogens with one attached hydrogen (secondary N) is 2. The average molecular weight is 341 g/mol. The molecule has 2 rings (SSSR count). The molecule has 2 aromatic heterocycles. The van der Waals surface area contributed by atoms with Crippen molar-refractivity contribution in [1.82, 2.24) is 20.3 Å². The predicted octanol–water partition coefficient (Wildman–Crippen LogP) is 2.44. The van der Waals surface area contributed by atoms with Gasteiger partial charge in [0.15, 0.2) is 6.61 Å². The number of alkyl halides is 3. The van der Waals surface area contributed by atoms with Crippen molar-refractivity contribution in [2.75, 3.05) is 11.9 Å². The highest BCUT2D eigenvalue weighted by atomic mass is 19.4. The van der Waals surface area contributed by atoms with Gasteiger partial charge < -0.3 is 15.4 Å². The summed E-state index contributed by atoms with van der Waals surface area (Å²) in [5.41, 5.74) is 0.956. The molecule has 7 nitrogen and oxygen atoms in total. The molecule has 24 heavy (non-hydrogen) atoms. The number of halogens is 3. The zero-order valence-electron chi connectivity index (χ0n) is 12.6. The number of aromatic nitrogens is 3. The molecular weight excluding hydrogens is 327 g/mol. The number of ether oxygens (including phenoxy) is 1. The number of nitrogens with zero attached hydrogens (tertiary/aromatic N) is 3. The normalized spacial score (nSPS) is 11.0. The Balaban J connectivity index is 1.81. The van der Waals surface area contributed by atoms with Crippen LogP contribution in [0.25, 0.3) is 0 Å². The van der Waals surface area contributed by atoms with Crippen LogP contribution in [0.15, 0.2) is 30.6 Å². The third-order valence-corrected chi connectivity index (χ3v) is 2.64. The quantitative estimate of drug-likeness (QED) is 0.872. The van der Waals surface area contributed by atoms with Crippen molar-refractivity contribution >= 4 is 11.7 Å². The number of anilines is 1. The van der Waals surface area contributed by atoms with Gasteiger partial charge in [-0.1, -0.05) is 0 Å². The first kappa shape index (κ1) is 17.4. The Hall–Kier alpha value is -2.91. The van der Waals surface area contributed by atoms with Gasteiger partial charge in [0.2, 0.25) is 5.88 Å². The van der Waals surface area contributed by atoms with Crippen molar-refractivity contribution in [2.45, 2.75) is 19.6 Å². The fourth-order valence-corrected chi connectivity index (χ4v) is 1.65. The summed E-state index contributed by atoms with van der Waals surface area (Å²) in [4.78, 5) is 23.5. The minimum absolute atomic E-state index is 0.185. The number of rotatable bonds is 5. The molecule has 10 heteroatoms. The van der Waals surface area contributed by atoms with Crippen LogP contribution >= 0.6 is 0 Å². The molecule has 0 aliphatic heterocycles. The number of hydrogen-bond acceptors (Lipinski definition) is 5. The van der Waals surface area contributed by atoms with Crippen molar-refractivity contribution in [3.05, 3.63) is 42.1 Å². The lowest BCUT2D eigenvalue weighted by atomic mass is 10.4. The van der Waals surface area contributed by atoms with Gasteiger partial charge in [-0.3, -0.25) is 0 Å². The van der Waals surface area contributed by atoms with Crippen LogP contribution in [0.4, 0.5) is 23.7 Å². The summed E-state index contributed by atoms with van der Waals surface area (Å²) in [5.74, 6) is 0.406. The molecule has 2 heterocycles. The second kappa shape index (κ2) is 7.57. The highest BCUT2D eigenvalue weighted by Gasteiger charge is 2.28. The molecule has 2 N–H and O–H groups in total. The van der Waals surface area contributed by atoms with Crippen LogP contribution in [0.1, 0.15) is 11.5 Å². The zero-order chi connectivity index (χ0) is 17.6. The van der Waals surface area contributed by atoms with E-state index in [4.69, 9.17) is 0 Å². The standard InChI is InChI=1S/C14H14F3N5O2/c1-9-18-5-4-11(21-9)7-20-13(23)22-10-2-3-12(19-6-10)24-8-14(15,16)17/h2-6H,7-8H2,1H3,(H2,20,22,23). The fraction of sp³-hybridized carbons (Fsp3) is 0.286. The molecule has 0 saturated heterocycles. The van der Waals surface area contributed by atoms with Crippen LogP contribution in [-0.4, -0.2) is 33.8 Å². The molecule has 0 radical (unpaired) electrons. The Labute approximate surface area is 135 Å². The molecule has 0 atom stereocenters. The maximum absolute atomic E-state index is 12.0. The SMILES string of the molecule is Cc1nccc(CNC(=O)Nc2ccc(OCC(F)(F)F)nc2)n1. The molecule has 0 aromatic carbocycles. The van der Waals surface area contributed by atoms with Gasteiger partial charge >= 0.3 is 12.2 Å². The van der Waals surface area contributed by atoms with Crippen molar-refractivity contribution in [3.8, 4) is 5.88 Å².